The van der Waals surface area contributed by atoms with Gasteiger partial charge in [-0.05, 0) is 136 Å². The van der Waals surface area contributed by atoms with Crippen LogP contribution in [-0.2, 0) is 75.0 Å². The summed E-state index contributed by atoms with van der Waals surface area (Å²) in [6.45, 7) is 8.25. The summed E-state index contributed by atoms with van der Waals surface area (Å²) < 4.78 is 56.5. The Morgan fingerprint density at radius 1 is 0.311 bits per heavy atom. The van der Waals surface area contributed by atoms with E-state index in [9.17, 15) is 0 Å². The van der Waals surface area contributed by atoms with Crippen molar-refractivity contribution in [3.8, 4) is 137 Å². The molecule has 6 aromatic heterocycles. The Hall–Kier alpha value is -13.0. The van der Waals surface area contributed by atoms with Gasteiger partial charge in [-0.2, -0.15) is 0 Å². The molecule has 0 amide bonds. The van der Waals surface area contributed by atoms with Gasteiger partial charge in [-0.25, -0.2) is 0 Å². The molecule has 0 saturated carbocycles. The molecule has 12 heterocycles. The topological polar surface area (TPSA) is 172 Å². The number of rotatable bonds is 8. The number of nitrogens with zero attached hydrogens (tertiary/aromatic N) is 6. The minimum atomic E-state index is -0.196. The third kappa shape index (κ3) is 13.5. The quantitative estimate of drug-likeness (QED) is 0.104. The van der Waals surface area contributed by atoms with E-state index in [4.69, 9.17) is 66.6 Å². The van der Waals surface area contributed by atoms with Crippen LogP contribution in [0.1, 0.15) is 45.2 Å². The molecular formula is C101H61B3N6O9Pt3. The predicted molar refractivity (Wildman–Crippen MR) is 464 cm³/mol. The first kappa shape index (κ1) is 77.6. The van der Waals surface area contributed by atoms with E-state index in [1.54, 1.807) is 0 Å². The van der Waals surface area contributed by atoms with Gasteiger partial charge in [0.1, 0.15) is 68.9 Å². The molecule has 122 heavy (non-hydrogen) atoms. The van der Waals surface area contributed by atoms with Gasteiger partial charge >= 0.3 is 63.2 Å². The molecule has 0 aliphatic carbocycles. The maximum absolute atomic E-state index is 6.40. The van der Waals surface area contributed by atoms with Crippen molar-refractivity contribution in [2.75, 3.05) is 0 Å². The van der Waals surface area contributed by atoms with Gasteiger partial charge in [0, 0.05) is 69.5 Å². The van der Waals surface area contributed by atoms with Crippen LogP contribution in [0.4, 0.5) is 0 Å². The van der Waals surface area contributed by atoms with Crippen molar-refractivity contribution < 1.29 is 105 Å². The van der Waals surface area contributed by atoms with Gasteiger partial charge in [-0.15, -0.1) is 159 Å². The van der Waals surface area contributed by atoms with Crippen molar-refractivity contribution >= 4 is 113 Å². The average Bonchev–Trinajstić information content (AvgIpc) is 1.17. The Morgan fingerprint density at radius 3 is 1.04 bits per heavy atom. The van der Waals surface area contributed by atoms with Crippen molar-refractivity contribution in [2.24, 2.45) is 0 Å². The van der Waals surface area contributed by atoms with E-state index in [0.717, 1.165) is 226 Å². The Balaban J connectivity index is 0.000000115. The second-order valence-electron chi connectivity index (χ2n) is 31.1. The Labute approximate surface area is 746 Å². The number of ether oxygens (including phenoxy) is 6. The van der Waals surface area contributed by atoms with Gasteiger partial charge in [0.25, 0.3) is 0 Å². The van der Waals surface area contributed by atoms with Crippen LogP contribution in [0.3, 0.4) is 0 Å². The van der Waals surface area contributed by atoms with E-state index in [0.29, 0.717) is 17.7 Å². The molecule has 0 fully saturated rings. The minimum Gasteiger partial charge on any atom is -0.503 e. The molecule has 0 bridgehead atoms. The van der Waals surface area contributed by atoms with Crippen LogP contribution >= 0.6 is 0 Å². The molecule has 0 radical (unpaired) electrons. The van der Waals surface area contributed by atoms with Crippen LogP contribution in [0.25, 0.3) is 112 Å². The molecule has 19 aromatic rings. The molecule has 0 N–H and O–H groups in total. The summed E-state index contributed by atoms with van der Waals surface area (Å²) in [5.74, 6) is 10.7. The van der Waals surface area contributed by atoms with E-state index in [-0.39, 0.29) is 88.7 Å². The second-order valence-corrected chi connectivity index (χ2v) is 31.1. The fourth-order valence-corrected chi connectivity index (χ4v) is 17.0. The average molecular weight is 2120 g/mol. The van der Waals surface area contributed by atoms with Crippen LogP contribution in [0.15, 0.2) is 287 Å². The van der Waals surface area contributed by atoms with Crippen LogP contribution in [0.5, 0.6) is 69.0 Å². The fourth-order valence-electron chi connectivity index (χ4n) is 17.0. The molecule has 588 valence electrons. The van der Waals surface area contributed by atoms with Crippen LogP contribution < -0.4 is 77.6 Å². The molecule has 13 aromatic carbocycles. The van der Waals surface area contributed by atoms with Gasteiger partial charge in [-0.3, -0.25) is 15.0 Å². The number of aromatic nitrogens is 6. The summed E-state index contributed by atoms with van der Waals surface area (Å²) in [4.78, 5) is 28.2. The summed E-state index contributed by atoms with van der Waals surface area (Å²) in [7, 11) is 0. The smallest absolute Gasteiger partial charge is 0.503 e. The number of benzene rings is 13. The van der Waals surface area contributed by atoms with Crippen molar-refractivity contribution in [1.82, 2.24) is 29.9 Å². The predicted octanol–water partition coefficient (Wildman–Crippen LogP) is 18.1. The van der Waals surface area contributed by atoms with Crippen LogP contribution in [0.2, 0.25) is 0 Å². The maximum Gasteiger partial charge on any atom is 2.00 e. The molecule has 6 aliphatic heterocycles. The zero-order valence-electron chi connectivity index (χ0n) is 65.4. The molecule has 25 rings (SSSR count). The number of oxazole rings is 3. The number of hydrogen-bond donors (Lipinski definition) is 0. The van der Waals surface area contributed by atoms with E-state index in [2.05, 4.69) is 105 Å². The minimum absolute atomic E-state index is 0. The number of para-hydroxylation sites is 6. The number of pyridine rings is 3. The Kier molecular flexibility index (Phi) is 19.9. The van der Waals surface area contributed by atoms with Gasteiger partial charge in [0.2, 0.25) is 20.1 Å². The first-order chi connectivity index (χ1) is 58.5. The molecule has 21 heteroatoms. The first-order valence-corrected chi connectivity index (χ1v) is 39.6. The van der Waals surface area contributed by atoms with Gasteiger partial charge in [0.15, 0.2) is 0 Å². The Bertz CT molecular complexity index is 7290. The van der Waals surface area contributed by atoms with Gasteiger partial charge < -0.3 is 56.6 Å². The molecule has 15 nitrogen and oxygen atoms in total. The van der Waals surface area contributed by atoms with E-state index >= 15 is 0 Å². The molecule has 0 spiro atoms. The molecule has 0 unspecified atom stereocenters. The monoisotopic (exact) mass is 2120 g/mol. The standard InChI is InChI=1S/C34H17BN2O3.C34H23BN2O3.C33H21BN2O3.3Pt/c1-2-7-23-20(6-1)16-17-36-33(23)21-12-14-27-24(18-21)35-25-19-22(34-37-26-8-3-4-9-29(26)40-34)13-15-28(25)39-31-11-5-10-30(38-27)32(31)35;1-34(2,3)22-15-16-36-26(19-22)20-11-13-27-23(17-20)35-24-18-21(33-37-25-7-4-5-8-29(25)40-33)12-14-28(24)39-31-10-6-9-30(38-27)32(31)35;1-2-6-20-15-16-35-26(17-20)21-11-13-27-23(18-21)34-24-19-22(33-36-25-7-3-4-8-29(25)39-33)12-14-28(24)38-31-10-5-9-30(37-27)32(31)34;;;/h1-17H;4-16,19H,1-3H3;3-5,7-17H,2,6H2,1H3;;;/q3*-2;3*+2. The zero-order valence-corrected chi connectivity index (χ0v) is 72.2. The van der Waals surface area contributed by atoms with E-state index in [1.807, 2.05) is 237 Å². The summed E-state index contributed by atoms with van der Waals surface area (Å²) in [5.41, 5.74) is 23.3. The number of fused-ring (bicyclic) bond motifs is 16. The zero-order chi connectivity index (χ0) is 79.1. The first-order valence-electron chi connectivity index (χ1n) is 39.6. The summed E-state index contributed by atoms with van der Waals surface area (Å²) in [5, 5.41) is 2.21. The van der Waals surface area contributed by atoms with Gasteiger partial charge in [0.05, 0.1) is 16.6 Å². The van der Waals surface area contributed by atoms with E-state index in [1.165, 1.54) is 11.1 Å². The van der Waals surface area contributed by atoms with Crippen molar-refractivity contribution in [2.45, 2.75) is 46.0 Å². The van der Waals surface area contributed by atoms with Crippen molar-refractivity contribution in [1.29, 1.82) is 0 Å². The third-order valence-electron chi connectivity index (χ3n) is 22.7. The summed E-state index contributed by atoms with van der Waals surface area (Å²) in [6, 6.07) is 106. The third-order valence-corrected chi connectivity index (χ3v) is 22.7. The molecule has 0 atom stereocenters. The van der Waals surface area contributed by atoms with Gasteiger partial charge in [-0.1, -0.05) is 147 Å². The molecular weight excluding hydrogens is 2060 g/mol. The van der Waals surface area contributed by atoms with E-state index < -0.39 is 0 Å². The van der Waals surface area contributed by atoms with Crippen LogP contribution in [0, 0.1) is 36.4 Å². The molecule has 0 saturated heterocycles. The largest absolute Gasteiger partial charge is 2.00 e. The second kappa shape index (κ2) is 31.2. The summed E-state index contributed by atoms with van der Waals surface area (Å²) in [6.07, 6.45) is 7.70. The molecule has 6 aliphatic rings. The Morgan fingerprint density at radius 2 is 0.648 bits per heavy atom. The maximum atomic E-state index is 6.40. The van der Waals surface area contributed by atoms with Crippen molar-refractivity contribution in [3.05, 3.63) is 321 Å². The fraction of sp³-hybridized carbons (Fsp3) is 0.0693. The van der Waals surface area contributed by atoms with Crippen LogP contribution in [-0.4, -0.2) is 50.0 Å². The summed E-state index contributed by atoms with van der Waals surface area (Å²) >= 11 is 0. The SMILES string of the molecule is CC(C)(C)c1ccnc(-c2[c-]c3c(cc2)Oc2cccc4c2B3c2[c-]c(-c3nc5ccccc5o3)ccc2O4)c1.CCCc1ccnc(-c2[c-]c3c(cc2)Oc2cccc4c2B3c2[c-]c(-c3nc5ccccc5o3)ccc2O4)c1.[Pt+2].[Pt+2].[Pt+2].[c-]1c(-c2nc3ccccc3o2)ccc2c1B1c3[c-]c(-c4nccc5ccccc45)ccc3Oc3cccc(c31)O2. The normalized spacial score (nSPS) is 12.6. The number of hydrogen-bond acceptors (Lipinski definition) is 15. The van der Waals surface area contributed by atoms with Crippen molar-refractivity contribution in [3.63, 3.8) is 0 Å². The number of aryl methyl sites for hydroxylation is 1.